The lowest BCUT2D eigenvalue weighted by atomic mass is 10.0. The third-order valence-corrected chi connectivity index (χ3v) is 2.86. The van der Waals surface area contributed by atoms with E-state index in [1.165, 1.54) is 11.1 Å². The second-order valence-electron chi connectivity index (χ2n) is 3.55. The molecule has 0 aromatic heterocycles. The SMILES string of the molecule is c1cc2c(c3c1CNC3)CNC2. The van der Waals surface area contributed by atoms with Gasteiger partial charge in [0, 0.05) is 26.2 Å². The summed E-state index contributed by atoms with van der Waals surface area (Å²) in [5.74, 6) is 0. The molecule has 0 saturated heterocycles. The third-order valence-electron chi connectivity index (χ3n) is 2.86. The molecule has 2 heteroatoms. The molecule has 1 aromatic carbocycles. The number of hydrogen-bond donors (Lipinski definition) is 2. The van der Waals surface area contributed by atoms with E-state index in [1.54, 1.807) is 11.1 Å². The molecular weight excluding hydrogens is 148 g/mol. The predicted molar refractivity (Wildman–Crippen MR) is 47.5 cm³/mol. The van der Waals surface area contributed by atoms with Crippen LogP contribution in [0.3, 0.4) is 0 Å². The van der Waals surface area contributed by atoms with Gasteiger partial charge in [0.25, 0.3) is 0 Å². The lowest BCUT2D eigenvalue weighted by Crippen LogP contribution is -2.03. The molecule has 2 heterocycles. The maximum atomic E-state index is 3.39. The van der Waals surface area contributed by atoms with Crippen LogP contribution in [0.2, 0.25) is 0 Å². The molecule has 0 unspecified atom stereocenters. The van der Waals surface area contributed by atoms with Crippen molar-refractivity contribution in [2.75, 3.05) is 0 Å². The molecule has 62 valence electrons. The van der Waals surface area contributed by atoms with Crippen molar-refractivity contribution in [3.05, 3.63) is 34.4 Å². The van der Waals surface area contributed by atoms with Crippen LogP contribution < -0.4 is 10.6 Å². The Morgan fingerprint density at radius 1 is 0.750 bits per heavy atom. The van der Waals surface area contributed by atoms with E-state index in [4.69, 9.17) is 0 Å². The second-order valence-corrected chi connectivity index (χ2v) is 3.55. The van der Waals surface area contributed by atoms with Gasteiger partial charge >= 0.3 is 0 Å². The molecule has 0 amide bonds. The van der Waals surface area contributed by atoms with Crippen LogP contribution in [0.1, 0.15) is 22.3 Å². The highest BCUT2D eigenvalue weighted by Crippen LogP contribution is 2.26. The maximum absolute atomic E-state index is 3.39. The summed E-state index contributed by atoms with van der Waals surface area (Å²) in [7, 11) is 0. The highest BCUT2D eigenvalue weighted by Gasteiger charge is 2.19. The average Bonchev–Trinajstić information content (AvgIpc) is 2.71. The molecule has 2 aliphatic heterocycles. The minimum Gasteiger partial charge on any atom is -0.309 e. The maximum Gasteiger partial charge on any atom is 0.0215 e. The topological polar surface area (TPSA) is 24.1 Å². The number of benzene rings is 1. The first-order chi connectivity index (χ1) is 5.95. The minimum atomic E-state index is 1.06. The van der Waals surface area contributed by atoms with Crippen molar-refractivity contribution in [2.45, 2.75) is 26.2 Å². The molecule has 2 aliphatic rings. The standard InChI is InChI=1S/C10H12N2/c1-2-8-4-12-6-10(8)9-5-11-3-7(1)9/h1-2,11-12H,3-6H2. The van der Waals surface area contributed by atoms with Gasteiger partial charge in [0.1, 0.15) is 0 Å². The van der Waals surface area contributed by atoms with Crippen molar-refractivity contribution in [3.8, 4) is 0 Å². The van der Waals surface area contributed by atoms with Gasteiger partial charge < -0.3 is 10.6 Å². The molecule has 0 fully saturated rings. The fourth-order valence-corrected chi connectivity index (χ4v) is 2.21. The molecule has 3 rings (SSSR count). The van der Waals surface area contributed by atoms with E-state index in [0.717, 1.165) is 26.2 Å². The number of rotatable bonds is 0. The Hall–Kier alpha value is -0.860. The Morgan fingerprint density at radius 2 is 1.25 bits per heavy atom. The second kappa shape index (κ2) is 2.31. The van der Waals surface area contributed by atoms with Gasteiger partial charge in [-0.3, -0.25) is 0 Å². The van der Waals surface area contributed by atoms with E-state index < -0.39 is 0 Å². The van der Waals surface area contributed by atoms with Crippen molar-refractivity contribution in [3.63, 3.8) is 0 Å². The van der Waals surface area contributed by atoms with E-state index >= 15 is 0 Å². The zero-order chi connectivity index (χ0) is 7.97. The smallest absolute Gasteiger partial charge is 0.0215 e. The summed E-state index contributed by atoms with van der Waals surface area (Å²) in [5, 5.41) is 6.78. The number of nitrogens with one attached hydrogen (secondary N) is 2. The van der Waals surface area contributed by atoms with Crippen molar-refractivity contribution in [1.82, 2.24) is 10.6 Å². The van der Waals surface area contributed by atoms with Crippen LogP contribution >= 0.6 is 0 Å². The fourth-order valence-electron chi connectivity index (χ4n) is 2.21. The van der Waals surface area contributed by atoms with Gasteiger partial charge in [-0.2, -0.15) is 0 Å². The summed E-state index contributed by atoms with van der Waals surface area (Å²) in [4.78, 5) is 0. The van der Waals surface area contributed by atoms with Crippen LogP contribution in [-0.2, 0) is 26.2 Å². The largest absolute Gasteiger partial charge is 0.309 e. The van der Waals surface area contributed by atoms with Crippen molar-refractivity contribution >= 4 is 0 Å². The zero-order valence-corrected chi connectivity index (χ0v) is 6.98. The molecule has 0 saturated carbocycles. The number of fused-ring (bicyclic) bond motifs is 3. The van der Waals surface area contributed by atoms with E-state index in [9.17, 15) is 0 Å². The highest BCUT2D eigenvalue weighted by molar-refractivity contribution is 5.44. The molecule has 0 atom stereocenters. The van der Waals surface area contributed by atoms with E-state index in [-0.39, 0.29) is 0 Å². The summed E-state index contributed by atoms with van der Waals surface area (Å²) in [5.41, 5.74) is 6.10. The molecule has 12 heavy (non-hydrogen) atoms. The quantitative estimate of drug-likeness (QED) is 0.589. The molecular formula is C10H12N2. The Balaban J connectivity index is 2.24. The van der Waals surface area contributed by atoms with E-state index in [1.807, 2.05) is 0 Å². The summed E-state index contributed by atoms with van der Waals surface area (Å²) >= 11 is 0. The first kappa shape index (κ1) is 6.63. The van der Waals surface area contributed by atoms with Crippen molar-refractivity contribution in [2.24, 2.45) is 0 Å². The first-order valence-corrected chi connectivity index (χ1v) is 4.49. The van der Waals surface area contributed by atoms with E-state index in [2.05, 4.69) is 22.8 Å². The van der Waals surface area contributed by atoms with Crippen LogP contribution in [0.5, 0.6) is 0 Å². The molecule has 0 spiro atoms. The van der Waals surface area contributed by atoms with Gasteiger partial charge in [0.15, 0.2) is 0 Å². The van der Waals surface area contributed by atoms with Crippen LogP contribution in [0.25, 0.3) is 0 Å². The van der Waals surface area contributed by atoms with E-state index in [0.29, 0.717) is 0 Å². The Morgan fingerprint density at radius 3 is 1.75 bits per heavy atom. The fraction of sp³-hybridized carbons (Fsp3) is 0.400. The van der Waals surface area contributed by atoms with Gasteiger partial charge in [-0.1, -0.05) is 12.1 Å². The molecule has 0 aliphatic carbocycles. The predicted octanol–water partition coefficient (Wildman–Crippen LogP) is 0.893. The lowest BCUT2D eigenvalue weighted by molar-refractivity contribution is 0.746. The van der Waals surface area contributed by atoms with Crippen LogP contribution in [0.4, 0.5) is 0 Å². The highest BCUT2D eigenvalue weighted by atomic mass is 14.9. The lowest BCUT2D eigenvalue weighted by Gasteiger charge is -2.04. The van der Waals surface area contributed by atoms with Gasteiger partial charge in [0.05, 0.1) is 0 Å². The summed E-state index contributed by atoms with van der Waals surface area (Å²) in [6.45, 7) is 4.26. The van der Waals surface area contributed by atoms with Crippen molar-refractivity contribution < 1.29 is 0 Å². The van der Waals surface area contributed by atoms with Crippen LogP contribution in [0.15, 0.2) is 12.1 Å². The molecule has 2 nitrogen and oxygen atoms in total. The average molecular weight is 160 g/mol. The third kappa shape index (κ3) is 0.765. The van der Waals surface area contributed by atoms with Crippen LogP contribution in [-0.4, -0.2) is 0 Å². The van der Waals surface area contributed by atoms with Gasteiger partial charge in [-0.15, -0.1) is 0 Å². The Labute approximate surface area is 72.0 Å². The Kier molecular flexibility index (Phi) is 1.28. The minimum absolute atomic E-state index is 1.06. The zero-order valence-electron chi connectivity index (χ0n) is 6.98. The first-order valence-electron chi connectivity index (χ1n) is 4.49. The molecule has 2 N–H and O–H groups in total. The normalized spacial score (nSPS) is 19.3. The van der Waals surface area contributed by atoms with Gasteiger partial charge in [-0.05, 0) is 22.3 Å². The molecule has 1 aromatic rings. The summed E-state index contributed by atoms with van der Waals surface area (Å²) in [6.07, 6.45) is 0. The summed E-state index contributed by atoms with van der Waals surface area (Å²) in [6, 6.07) is 4.53. The molecule has 0 radical (unpaired) electrons. The molecule has 0 bridgehead atoms. The Bertz CT molecular complexity index is 298. The van der Waals surface area contributed by atoms with Gasteiger partial charge in [0.2, 0.25) is 0 Å². The summed E-state index contributed by atoms with van der Waals surface area (Å²) < 4.78 is 0. The number of hydrogen-bond acceptors (Lipinski definition) is 2. The van der Waals surface area contributed by atoms with Crippen molar-refractivity contribution in [1.29, 1.82) is 0 Å². The van der Waals surface area contributed by atoms with Crippen LogP contribution in [0, 0.1) is 0 Å². The van der Waals surface area contributed by atoms with Gasteiger partial charge in [-0.25, -0.2) is 0 Å². The monoisotopic (exact) mass is 160 g/mol.